The highest BCUT2D eigenvalue weighted by molar-refractivity contribution is 5.85. The second-order valence-electron chi connectivity index (χ2n) is 2.09. The van der Waals surface area contributed by atoms with Crippen LogP contribution in [0.15, 0.2) is 4.99 Å². The summed E-state index contributed by atoms with van der Waals surface area (Å²) in [5.74, 6) is 0. The van der Waals surface area contributed by atoms with Crippen molar-refractivity contribution in [3.63, 3.8) is 0 Å². The number of nitrogens with two attached hydrogens (primary N) is 1. The van der Waals surface area contributed by atoms with E-state index in [4.69, 9.17) is 10.5 Å². The maximum absolute atomic E-state index is 10.4. The van der Waals surface area contributed by atoms with Crippen LogP contribution >= 0.6 is 0 Å². The van der Waals surface area contributed by atoms with Gasteiger partial charge in [-0.3, -0.25) is 0 Å². The van der Waals surface area contributed by atoms with Gasteiger partial charge >= 0.3 is 6.09 Å². The van der Waals surface area contributed by atoms with Crippen LogP contribution in [0, 0.1) is 0 Å². The topological polar surface area (TPSA) is 73.9 Å². The van der Waals surface area contributed by atoms with Crippen molar-refractivity contribution in [2.24, 2.45) is 10.7 Å². The van der Waals surface area contributed by atoms with Gasteiger partial charge in [-0.25, -0.2) is 4.79 Å². The lowest BCUT2D eigenvalue weighted by molar-refractivity contribution is 0.178. The third kappa shape index (κ3) is 5.20. The first-order valence-electron chi connectivity index (χ1n) is 3.15. The second-order valence-corrected chi connectivity index (χ2v) is 2.09. The average molecular weight is 160 g/mol. The van der Waals surface area contributed by atoms with Crippen LogP contribution in [0.1, 0.15) is 13.8 Å². The fraction of sp³-hybridized carbons (Fsp3) is 0.667. The molecule has 0 saturated carbocycles. The third-order valence-corrected chi connectivity index (χ3v) is 0.733. The summed E-state index contributed by atoms with van der Waals surface area (Å²) in [6.45, 7) is 3.55. The van der Waals surface area contributed by atoms with E-state index in [0.29, 0.717) is 0 Å². The molecule has 0 spiro atoms. The van der Waals surface area contributed by atoms with Crippen molar-refractivity contribution in [1.82, 2.24) is 0 Å². The largest absolute Gasteiger partial charge is 0.462 e. The minimum atomic E-state index is -0.761. The maximum atomic E-state index is 10.4. The van der Waals surface area contributed by atoms with Crippen molar-refractivity contribution in [3.8, 4) is 0 Å². The van der Waals surface area contributed by atoms with Crippen LogP contribution in [0.2, 0.25) is 0 Å². The van der Waals surface area contributed by atoms with Crippen LogP contribution in [0.25, 0.3) is 0 Å². The van der Waals surface area contributed by atoms with Crippen LogP contribution in [-0.2, 0) is 9.47 Å². The van der Waals surface area contributed by atoms with Gasteiger partial charge in [0.2, 0.25) is 0 Å². The average Bonchev–Trinajstić information content (AvgIpc) is 1.85. The predicted molar refractivity (Wildman–Crippen MR) is 40.2 cm³/mol. The zero-order valence-corrected chi connectivity index (χ0v) is 6.83. The number of amidine groups is 1. The first kappa shape index (κ1) is 9.74. The lowest BCUT2D eigenvalue weighted by atomic mass is 10.5. The van der Waals surface area contributed by atoms with Gasteiger partial charge < -0.3 is 15.2 Å². The number of nitrogens with zero attached hydrogens (tertiary/aromatic N) is 1. The van der Waals surface area contributed by atoms with Gasteiger partial charge in [0.15, 0.2) is 0 Å². The summed E-state index contributed by atoms with van der Waals surface area (Å²) >= 11 is 0. The van der Waals surface area contributed by atoms with E-state index in [1.807, 2.05) is 0 Å². The van der Waals surface area contributed by atoms with Gasteiger partial charge in [0.25, 0.3) is 6.02 Å². The smallest absolute Gasteiger partial charge is 0.437 e. The van der Waals surface area contributed by atoms with Gasteiger partial charge in [0.1, 0.15) is 0 Å². The number of aliphatic imine (C=N–C) groups is 1. The number of carbonyl (C=O) groups excluding carboxylic acids is 1. The van der Waals surface area contributed by atoms with E-state index < -0.39 is 6.09 Å². The van der Waals surface area contributed by atoms with Crippen molar-refractivity contribution >= 4 is 12.1 Å². The molecule has 0 unspecified atom stereocenters. The number of amides is 1. The van der Waals surface area contributed by atoms with E-state index >= 15 is 0 Å². The number of hydrogen-bond donors (Lipinski definition) is 1. The fourth-order valence-corrected chi connectivity index (χ4v) is 0.403. The Morgan fingerprint density at radius 3 is 2.45 bits per heavy atom. The molecule has 0 bridgehead atoms. The highest BCUT2D eigenvalue weighted by Gasteiger charge is 2.01. The molecule has 0 aromatic carbocycles. The van der Waals surface area contributed by atoms with Crippen molar-refractivity contribution in [3.05, 3.63) is 0 Å². The molecule has 5 heteroatoms. The fourth-order valence-electron chi connectivity index (χ4n) is 0.403. The lowest BCUT2D eigenvalue weighted by Gasteiger charge is -2.06. The molecule has 0 saturated heterocycles. The van der Waals surface area contributed by atoms with Gasteiger partial charge in [-0.15, -0.1) is 4.99 Å². The maximum Gasteiger partial charge on any atom is 0.437 e. The number of ether oxygens (including phenoxy) is 2. The molecule has 0 atom stereocenters. The molecule has 0 rings (SSSR count). The molecular weight excluding hydrogens is 148 g/mol. The molecule has 0 heterocycles. The van der Waals surface area contributed by atoms with E-state index in [0.717, 1.165) is 0 Å². The molecular formula is C6H12N2O3. The SMILES string of the molecule is COC(=O)/N=C(\N)OC(C)C. The van der Waals surface area contributed by atoms with E-state index in [9.17, 15) is 4.79 Å². The Hall–Kier alpha value is -1.26. The number of rotatable bonds is 1. The molecule has 5 nitrogen and oxygen atoms in total. The minimum Gasteiger partial charge on any atom is -0.462 e. The predicted octanol–water partition coefficient (Wildman–Crippen LogP) is 0.492. The zero-order chi connectivity index (χ0) is 8.85. The summed E-state index contributed by atoms with van der Waals surface area (Å²) in [6.07, 6.45) is -0.855. The normalized spacial score (nSPS) is 11.5. The molecule has 0 fully saturated rings. The van der Waals surface area contributed by atoms with Gasteiger partial charge in [-0.2, -0.15) is 0 Å². The molecule has 1 amide bonds. The van der Waals surface area contributed by atoms with E-state index in [1.165, 1.54) is 7.11 Å². The Bertz CT molecular complexity index is 165. The molecule has 0 aliphatic rings. The van der Waals surface area contributed by atoms with E-state index in [-0.39, 0.29) is 12.1 Å². The van der Waals surface area contributed by atoms with Gasteiger partial charge in [-0.05, 0) is 13.8 Å². The van der Waals surface area contributed by atoms with Crippen molar-refractivity contribution < 1.29 is 14.3 Å². The van der Waals surface area contributed by atoms with Gasteiger partial charge in [0, 0.05) is 0 Å². The Labute approximate surface area is 65.2 Å². The molecule has 0 radical (unpaired) electrons. The van der Waals surface area contributed by atoms with Crippen molar-refractivity contribution in [1.29, 1.82) is 0 Å². The van der Waals surface area contributed by atoms with Crippen molar-refractivity contribution in [2.75, 3.05) is 7.11 Å². The highest BCUT2D eigenvalue weighted by Crippen LogP contribution is 1.88. The monoisotopic (exact) mass is 160 g/mol. The third-order valence-electron chi connectivity index (χ3n) is 0.733. The molecule has 11 heavy (non-hydrogen) atoms. The van der Waals surface area contributed by atoms with Crippen molar-refractivity contribution in [2.45, 2.75) is 20.0 Å². The highest BCUT2D eigenvalue weighted by atomic mass is 16.5. The molecule has 0 aromatic rings. The zero-order valence-electron chi connectivity index (χ0n) is 6.83. The summed E-state index contributed by atoms with van der Waals surface area (Å²) in [4.78, 5) is 13.7. The van der Waals surface area contributed by atoms with Crippen LogP contribution < -0.4 is 5.73 Å². The minimum absolute atomic E-state index is 0.0941. The Morgan fingerprint density at radius 1 is 1.55 bits per heavy atom. The Kier molecular flexibility index (Phi) is 4.02. The summed E-state index contributed by atoms with van der Waals surface area (Å²) in [6, 6.07) is -0.174. The summed E-state index contributed by atoms with van der Waals surface area (Å²) < 4.78 is 9.07. The molecule has 0 aliphatic heterocycles. The van der Waals surface area contributed by atoms with Crippen LogP contribution in [0.3, 0.4) is 0 Å². The Balaban J connectivity index is 3.90. The number of methoxy groups -OCH3 is 1. The molecule has 64 valence electrons. The summed E-state index contributed by atoms with van der Waals surface area (Å²) in [5, 5.41) is 0. The quantitative estimate of drug-likeness (QED) is 0.447. The molecule has 0 aliphatic carbocycles. The standard InChI is InChI=1S/C6H12N2O3/c1-4(2)11-5(7)8-6(9)10-3/h4H,1-3H3,(H2,7,8,9). The second kappa shape index (κ2) is 4.54. The first-order valence-corrected chi connectivity index (χ1v) is 3.15. The van der Waals surface area contributed by atoms with E-state index in [1.54, 1.807) is 13.8 Å². The van der Waals surface area contributed by atoms with Gasteiger partial charge in [-0.1, -0.05) is 0 Å². The summed E-state index contributed by atoms with van der Waals surface area (Å²) in [7, 11) is 1.22. The van der Waals surface area contributed by atoms with Crippen LogP contribution in [0.5, 0.6) is 0 Å². The molecule has 2 N–H and O–H groups in total. The van der Waals surface area contributed by atoms with Crippen LogP contribution in [0.4, 0.5) is 4.79 Å². The number of hydrogen-bond acceptors (Lipinski definition) is 3. The van der Waals surface area contributed by atoms with Gasteiger partial charge in [0.05, 0.1) is 13.2 Å². The summed E-state index contributed by atoms with van der Waals surface area (Å²) in [5.41, 5.74) is 5.18. The first-order chi connectivity index (χ1) is 5.06. The molecule has 0 aromatic heterocycles. The Morgan fingerprint density at radius 2 is 2.09 bits per heavy atom. The van der Waals surface area contributed by atoms with Crippen LogP contribution in [-0.4, -0.2) is 25.3 Å². The number of carbonyl (C=O) groups is 1. The lowest BCUT2D eigenvalue weighted by Crippen LogP contribution is -2.22. The van der Waals surface area contributed by atoms with E-state index in [2.05, 4.69) is 9.73 Å².